The molecule has 1 heterocycles. The number of amides is 1. The summed E-state index contributed by atoms with van der Waals surface area (Å²) >= 11 is 13.6. The number of methoxy groups -OCH3 is 1. The van der Waals surface area contributed by atoms with E-state index in [0.29, 0.717) is 31.7 Å². The van der Waals surface area contributed by atoms with E-state index in [-0.39, 0.29) is 11.8 Å². The predicted molar refractivity (Wildman–Crippen MR) is 97.2 cm³/mol. The number of esters is 1. The lowest BCUT2D eigenvalue weighted by atomic mass is 10.0. The van der Waals surface area contributed by atoms with Crippen LogP contribution in [0.2, 0.25) is 10.0 Å². The molecular formula is C17H15Cl2NO3S. The van der Waals surface area contributed by atoms with Gasteiger partial charge in [0.15, 0.2) is 0 Å². The maximum Gasteiger partial charge on any atom is 0.341 e. The number of benzene rings is 1. The Morgan fingerprint density at radius 1 is 1.29 bits per heavy atom. The molecule has 24 heavy (non-hydrogen) atoms. The summed E-state index contributed by atoms with van der Waals surface area (Å²) < 4.78 is 4.92. The zero-order valence-electron chi connectivity index (χ0n) is 13.1. The molecular weight excluding hydrogens is 369 g/mol. The monoisotopic (exact) mass is 383 g/mol. The van der Waals surface area contributed by atoms with E-state index in [0.717, 1.165) is 17.7 Å². The van der Waals surface area contributed by atoms with Gasteiger partial charge in [0, 0.05) is 32.0 Å². The van der Waals surface area contributed by atoms with Crippen molar-refractivity contribution >= 4 is 51.4 Å². The van der Waals surface area contributed by atoms with Gasteiger partial charge in [-0.2, -0.15) is 0 Å². The average molecular weight is 384 g/mol. The number of halogens is 2. The molecule has 1 saturated carbocycles. The zero-order chi connectivity index (χ0) is 17.4. The highest BCUT2D eigenvalue weighted by Gasteiger charge is 2.32. The number of ether oxygens (including phenoxy) is 1. The third kappa shape index (κ3) is 3.29. The van der Waals surface area contributed by atoms with Gasteiger partial charge in [-0.1, -0.05) is 29.3 Å². The van der Waals surface area contributed by atoms with Crippen LogP contribution in [0.25, 0.3) is 11.1 Å². The van der Waals surface area contributed by atoms with Crippen molar-refractivity contribution in [3.63, 3.8) is 0 Å². The standard InChI is InChI=1S/C17H15Cl2NO3S/c1-8-13(11-6-5-10(18)7-12(11)19)14(17(22)23-2)16(24-8)20-15(21)9-3-4-9/h5-7,9H,3-4H2,1-2H3,(H,20,21). The SMILES string of the molecule is COC(=O)c1c(NC(=O)C2CC2)sc(C)c1-c1ccc(Cl)cc1Cl. The van der Waals surface area contributed by atoms with Crippen LogP contribution in [-0.4, -0.2) is 19.0 Å². The topological polar surface area (TPSA) is 55.4 Å². The Morgan fingerprint density at radius 3 is 2.58 bits per heavy atom. The molecule has 1 N–H and O–H groups in total. The lowest BCUT2D eigenvalue weighted by Gasteiger charge is -2.09. The molecule has 1 aromatic heterocycles. The van der Waals surface area contributed by atoms with Gasteiger partial charge in [0.2, 0.25) is 5.91 Å². The van der Waals surface area contributed by atoms with E-state index in [4.69, 9.17) is 27.9 Å². The van der Waals surface area contributed by atoms with Crippen LogP contribution in [0, 0.1) is 12.8 Å². The van der Waals surface area contributed by atoms with Crippen LogP contribution in [0.15, 0.2) is 18.2 Å². The number of anilines is 1. The van der Waals surface area contributed by atoms with Gasteiger partial charge in [-0.15, -0.1) is 11.3 Å². The molecule has 0 atom stereocenters. The minimum Gasteiger partial charge on any atom is -0.465 e. The minimum absolute atomic E-state index is 0.0421. The number of carbonyl (C=O) groups is 2. The highest BCUT2D eigenvalue weighted by Crippen LogP contribution is 2.44. The van der Waals surface area contributed by atoms with Gasteiger partial charge < -0.3 is 10.1 Å². The third-order valence-corrected chi connectivity index (χ3v) is 5.43. The van der Waals surface area contributed by atoms with Gasteiger partial charge in [-0.05, 0) is 31.9 Å². The lowest BCUT2D eigenvalue weighted by Crippen LogP contribution is -2.15. The second-order valence-electron chi connectivity index (χ2n) is 5.62. The number of thiophene rings is 1. The highest BCUT2D eigenvalue weighted by molar-refractivity contribution is 7.17. The zero-order valence-corrected chi connectivity index (χ0v) is 15.4. The summed E-state index contributed by atoms with van der Waals surface area (Å²) in [6.07, 6.45) is 1.78. The summed E-state index contributed by atoms with van der Waals surface area (Å²) in [6, 6.07) is 5.10. The number of aryl methyl sites for hydroxylation is 1. The van der Waals surface area contributed by atoms with Crippen LogP contribution >= 0.6 is 34.5 Å². The highest BCUT2D eigenvalue weighted by atomic mass is 35.5. The van der Waals surface area contributed by atoms with Crippen LogP contribution in [0.4, 0.5) is 5.00 Å². The Hall–Kier alpha value is -1.56. The normalized spacial score (nSPS) is 13.7. The molecule has 0 aliphatic heterocycles. The molecule has 1 fully saturated rings. The van der Waals surface area contributed by atoms with Gasteiger partial charge in [0.25, 0.3) is 0 Å². The first-order valence-electron chi connectivity index (χ1n) is 7.40. The van der Waals surface area contributed by atoms with Crippen molar-refractivity contribution in [3.05, 3.63) is 38.7 Å². The summed E-state index contributed by atoms with van der Waals surface area (Å²) in [5, 5.41) is 4.31. The minimum atomic E-state index is -0.508. The van der Waals surface area contributed by atoms with Crippen molar-refractivity contribution in [2.75, 3.05) is 12.4 Å². The largest absolute Gasteiger partial charge is 0.465 e. The van der Waals surface area contributed by atoms with Crippen molar-refractivity contribution in [2.45, 2.75) is 19.8 Å². The van der Waals surface area contributed by atoms with E-state index in [2.05, 4.69) is 5.32 Å². The molecule has 0 unspecified atom stereocenters. The molecule has 0 bridgehead atoms. The summed E-state index contributed by atoms with van der Waals surface area (Å²) in [6.45, 7) is 1.88. The Kier molecular flexibility index (Phi) is 4.85. The fourth-order valence-electron chi connectivity index (χ4n) is 2.51. The molecule has 1 aliphatic rings. The van der Waals surface area contributed by atoms with E-state index in [1.165, 1.54) is 18.4 Å². The van der Waals surface area contributed by atoms with Crippen LogP contribution < -0.4 is 5.32 Å². The first-order chi connectivity index (χ1) is 11.4. The smallest absolute Gasteiger partial charge is 0.341 e. The van der Waals surface area contributed by atoms with Gasteiger partial charge in [0.1, 0.15) is 10.6 Å². The van der Waals surface area contributed by atoms with E-state index >= 15 is 0 Å². The Morgan fingerprint density at radius 2 is 2.00 bits per heavy atom. The van der Waals surface area contributed by atoms with Crippen LogP contribution in [0.5, 0.6) is 0 Å². The Bertz CT molecular complexity index is 827. The predicted octanol–water partition coefficient (Wildman–Crippen LogP) is 5.17. The second kappa shape index (κ2) is 6.75. The number of rotatable bonds is 4. The summed E-state index contributed by atoms with van der Waals surface area (Å²) in [7, 11) is 1.31. The van der Waals surface area contributed by atoms with Crippen molar-refractivity contribution in [3.8, 4) is 11.1 Å². The van der Waals surface area contributed by atoms with Crippen molar-refractivity contribution in [2.24, 2.45) is 5.92 Å². The fourth-order valence-corrected chi connectivity index (χ4v) is 4.07. The van der Waals surface area contributed by atoms with Crippen LogP contribution in [0.3, 0.4) is 0 Å². The Labute approximate surface area is 153 Å². The van der Waals surface area contributed by atoms with Gasteiger partial charge >= 0.3 is 5.97 Å². The molecule has 3 rings (SSSR count). The molecule has 2 aromatic rings. The van der Waals surface area contributed by atoms with Crippen molar-refractivity contribution < 1.29 is 14.3 Å². The Balaban J connectivity index is 2.12. The lowest BCUT2D eigenvalue weighted by molar-refractivity contribution is -0.117. The molecule has 1 amide bonds. The van der Waals surface area contributed by atoms with Gasteiger partial charge in [0.05, 0.1) is 7.11 Å². The molecule has 0 spiro atoms. The van der Waals surface area contributed by atoms with E-state index in [9.17, 15) is 9.59 Å². The molecule has 0 radical (unpaired) electrons. The average Bonchev–Trinajstić information content (AvgIpc) is 3.32. The summed E-state index contributed by atoms with van der Waals surface area (Å²) in [5.41, 5.74) is 1.68. The summed E-state index contributed by atoms with van der Waals surface area (Å²) in [5.74, 6) is -0.526. The molecule has 4 nitrogen and oxygen atoms in total. The first kappa shape index (κ1) is 17.3. The molecule has 7 heteroatoms. The van der Waals surface area contributed by atoms with Crippen LogP contribution in [-0.2, 0) is 9.53 Å². The summed E-state index contributed by atoms with van der Waals surface area (Å²) in [4.78, 5) is 25.3. The van der Waals surface area contributed by atoms with E-state index in [1.807, 2.05) is 6.92 Å². The number of nitrogens with one attached hydrogen (secondary N) is 1. The molecule has 1 aliphatic carbocycles. The quantitative estimate of drug-likeness (QED) is 0.741. The molecule has 0 saturated heterocycles. The van der Waals surface area contributed by atoms with E-state index < -0.39 is 5.97 Å². The van der Waals surface area contributed by atoms with E-state index in [1.54, 1.807) is 18.2 Å². The number of hydrogen-bond donors (Lipinski definition) is 1. The number of carbonyl (C=O) groups excluding carboxylic acids is 2. The molecule has 126 valence electrons. The van der Waals surface area contributed by atoms with Crippen molar-refractivity contribution in [1.29, 1.82) is 0 Å². The fraction of sp³-hybridized carbons (Fsp3) is 0.294. The maximum absolute atomic E-state index is 12.4. The number of hydrogen-bond acceptors (Lipinski definition) is 4. The van der Waals surface area contributed by atoms with Gasteiger partial charge in [-0.25, -0.2) is 4.79 Å². The first-order valence-corrected chi connectivity index (χ1v) is 8.97. The maximum atomic E-state index is 12.4. The third-order valence-electron chi connectivity index (χ3n) is 3.86. The van der Waals surface area contributed by atoms with Crippen molar-refractivity contribution in [1.82, 2.24) is 0 Å². The molecule has 1 aromatic carbocycles. The van der Waals surface area contributed by atoms with Gasteiger partial charge in [-0.3, -0.25) is 4.79 Å². The van der Waals surface area contributed by atoms with Crippen LogP contribution in [0.1, 0.15) is 28.1 Å². The second-order valence-corrected chi connectivity index (χ2v) is 7.69.